The van der Waals surface area contributed by atoms with Crippen LogP contribution in [-0.2, 0) is 0 Å². The van der Waals surface area contributed by atoms with Gasteiger partial charge in [0.2, 0.25) is 0 Å². The number of nitrogens with zero attached hydrogens (tertiary/aromatic N) is 2. The van der Waals surface area contributed by atoms with Crippen molar-refractivity contribution in [3.63, 3.8) is 0 Å². The van der Waals surface area contributed by atoms with Gasteiger partial charge in [-0.2, -0.15) is 0 Å². The Kier molecular flexibility index (Phi) is 6.76. The number of esters is 1. The first-order valence-corrected chi connectivity index (χ1v) is 9.03. The van der Waals surface area contributed by atoms with Crippen LogP contribution in [0.1, 0.15) is 48.4 Å². The van der Waals surface area contributed by atoms with Crippen LogP contribution in [0.5, 0.6) is 5.75 Å². The van der Waals surface area contributed by atoms with Gasteiger partial charge in [0.15, 0.2) is 5.96 Å². The lowest BCUT2D eigenvalue weighted by atomic mass is 10.1. The molecule has 0 atom stereocenters. The van der Waals surface area contributed by atoms with Crippen LogP contribution >= 0.6 is 0 Å². The van der Waals surface area contributed by atoms with Crippen molar-refractivity contribution >= 4 is 23.5 Å². The molecule has 0 fully saturated rings. The van der Waals surface area contributed by atoms with Gasteiger partial charge in [-0.3, -0.25) is 4.79 Å². The second-order valence-electron chi connectivity index (χ2n) is 6.90. The predicted octanol–water partition coefficient (Wildman–Crippen LogP) is 3.07. The summed E-state index contributed by atoms with van der Waals surface area (Å²) in [5.74, 6) is -0.270. The highest BCUT2D eigenvalue weighted by molar-refractivity contribution is 5.95. The van der Waals surface area contributed by atoms with Crippen LogP contribution in [0.3, 0.4) is 0 Å². The van der Waals surface area contributed by atoms with E-state index < -0.39 is 5.97 Å². The summed E-state index contributed by atoms with van der Waals surface area (Å²) in [6, 6.07) is 13.1. The summed E-state index contributed by atoms with van der Waals surface area (Å²) < 4.78 is 5.36. The first-order chi connectivity index (χ1) is 13.2. The van der Waals surface area contributed by atoms with E-state index >= 15 is 0 Å². The van der Waals surface area contributed by atoms with Crippen molar-refractivity contribution in [2.24, 2.45) is 16.5 Å². The van der Waals surface area contributed by atoms with Crippen molar-refractivity contribution in [1.29, 1.82) is 0 Å². The van der Waals surface area contributed by atoms with Gasteiger partial charge in [0, 0.05) is 17.6 Å². The maximum absolute atomic E-state index is 12.7. The number of guanidine groups is 1. The molecule has 0 saturated carbocycles. The van der Waals surface area contributed by atoms with Gasteiger partial charge in [0.1, 0.15) is 5.75 Å². The van der Waals surface area contributed by atoms with E-state index in [1.807, 2.05) is 27.7 Å². The second-order valence-corrected chi connectivity index (χ2v) is 6.90. The van der Waals surface area contributed by atoms with Gasteiger partial charge in [-0.15, -0.1) is 0 Å². The van der Waals surface area contributed by atoms with Crippen molar-refractivity contribution in [2.45, 2.75) is 39.8 Å². The number of amides is 1. The van der Waals surface area contributed by atoms with E-state index in [9.17, 15) is 9.59 Å². The average molecular weight is 382 g/mol. The van der Waals surface area contributed by atoms with E-state index in [-0.39, 0.29) is 24.0 Å². The Morgan fingerprint density at radius 3 is 1.82 bits per heavy atom. The van der Waals surface area contributed by atoms with Crippen LogP contribution in [0.4, 0.5) is 5.69 Å². The summed E-state index contributed by atoms with van der Waals surface area (Å²) in [5.41, 5.74) is 12.1. The van der Waals surface area contributed by atoms with Gasteiger partial charge in [-0.05, 0) is 76.2 Å². The Balaban J connectivity index is 2.08. The number of rotatable bonds is 6. The zero-order chi connectivity index (χ0) is 20.8. The van der Waals surface area contributed by atoms with Crippen LogP contribution in [0.2, 0.25) is 0 Å². The van der Waals surface area contributed by atoms with E-state index in [1.165, 1.54) is 0 Å². The molecule has 1 amide bonds. The van der Waals surface area contributed by atoms with Gasteiger partial charge >= 0.3 is 5.97 Å². The van der Waals surface area contributed by atoms with Crippen molar-refractivity contribution in [3.8, 4) is 5.75 Å². The molecular formula is C21H26N4O3. The van der Waals surface area contributed by atoms with E-state index in [0.29, 0.717) is 22.6 Å². The monoisotopic (exact) mass is 382 g/mol. The van der Waals surface area contributed by atoms with Crippen molar-refractivity contribution < 1.29 is 14.3 Å². The molecule has 0 aliphatic carbocycles. The molecule has 0 heterocycles. The molecule has 0 unspecified atom stereocenters. The molecule has 0 saturated heterocycles. The number of aliphatic imine (C=N–C) groups is 1. The smallest absolute Gasteiger partial charge is 0.343 e. The number of carbonyl (C=O) groups is 2. The predicted molar refractivity (Wildman–Crippen MR) is 110 cm³/mol. The minimum atomic E-state index is -0.513. The van der Waals surface area contributed by atoms with Crippen LogP contribution in [0, 0.1) is 0 Å². The SMILES string of the molecule is CC(C)N(C(=O)c1ccc(OC(=O)c2ccc(N=C(N)N)cc2)cc1)C(C)C. The topological polar surface area (TPSA) is 111 Å². The minimum absolute atomic E-state index is 0.0570. The fourth-order valence-electron chi connectivity index (χ4n) is 2.87. The van der Waals surface area contributed by atoms with E-state index in [4.69, 9.17) is 16.2 Å². The molecule has 2 aromatic carbocycles. The van der Waals surface area contributed by atoms with Crippen LogP contribution < -0.4 is 16.2 Å². The second kappa shape index (κ2) is 9.03. The van der Waals surface area contributed by atoms with Crippen LogP contribution in [0.15, 0.2) is 53.5 Å². The quantitative estimate of drug-likeness (QED) is 0.345. The third-order valence-corrected chi connectivity index (χ3v) is 4.02. The van der Waals surface area contributed by atoms with E-state index in [2.05, 4.69) is 4.99 Å². The third kappa shape index (κ3) is 5.33. The zero-order valence-electron chi connectivity index (χ0n) is 16.5. The fraction of sp³-hybridized carbons (Fsp3) is 0.286. The normalized spacial score (nSPS) is 10.6. The van der Waals surface area contributed by atoms with Crippen molar-refractivity contribution in [1.82, 2.24) is 4.90 Å². The lowest BCUT2D eigenvalue weighted by Crippen LogP contribution is -2.42. The molecule has 0 bridgehead atoms. The number of carbonyl (C=O) groups excluding carboxylic acids is 2. The van der Waals surface area contributed by atoms with Gasteiger partial charge < -0.3 is 21.1 Å². The standard InChI is InChI=1S/C21H26N4O3/c1-13(2)25(14(3)4)19(26)15-7-11-18(12-8-15)28-20(27)16-5-9-17(10-6-16)24-21(22)23/h5-14H,1-4H3,(H4,22,23,24). The molecule has 4 N–H and O–H groups in total. The summed E-state index contributed by atoms with van der Waals surface area (Å²) >= 11 is 0. The number of benzene rings is 2. The first kappa shape index (κ1) is 21.0. The summed E-state index contributed by atoms with van der Waals surface area (Å²) in [7, 11) is 0. The highest BCUT2D eigenvalue weighted by Gasteiger charge is 2.21. The highest BCUT2D eigenvalue weighted by Crippen LogP contribution is 2.19. The molecule has 0 aliphatic rings. The van der Waals surface area contributed by atoms with Gasteiger partial charge in [-0.1, -0.05) is 0 Å². The summed E-state index contributed by atoms with van der Waals surface area (Å²) in [5, 5.41) is 0. The Labute approximate surface area is 165 Å². The van der Waals surface area contributed by atoms with Crippen molar-refractivity contribution in [2.75, 3.05) is 0 Å². The Morgan fingerprint density at radius 1 is 0.857 bits per heavy atom. The number of ether oxygens (including phenoxy) is 1. The average Bonchev–Trinajstić information content (AvgIpc) is 2.61. The maximum Gasteiger partial charge on any atom is 0.343 e. The molecule has 148 valence electrons. The first-order valence-electron chi connectivity index (χ1n) is 9.03. The molecule has 2 aromatic rings. The molecule has 7 nitrogen and oxygen atoms in total. The number of hydrogen-bond acceptors (Lipinski definition) is 4. The van der Waals surface area contributed by atoms with Gasteiger partial charge in [0.05, 0.1) is 11.3 Å². The largest absolute Gasteiger partial charge is 0.423 e. The summed E-state index contributed by atoms with van der Waals surface area (Å²) in [6.45, 7) is 7.91. The third-order valence-electron chi connectivity index (χ3n) is 4.02. The lowest BCUT2D eigenvalue weighted by Gasteiger charge is -2.30. The zero-order valence-corrected chi connectivity index (χ0v) is 16.5. The minimum Gasteiger partial charge on any atom is -0.423 e. The van der Waals surface area contributed by atoms with Crippen LogP contribution in [0.25, 0.3) is 0 Å². The molecular weight excluding hydrogens is 356 g/mol. The Morgan fingerprint density at radius 2 is 1.36 bits per heavy atom. The molecule has 0 aliphatic heterocycles. The molecule has 0 spiro atoms. The summed E-state index contributed by atoms with van der Waals surface area (Å²) in [4.78, 5) is 30.6. The van der Waals surface area contributed by atoms with Crippen molar-refractivity contribution in [3.05, 3.63) is 59.7 Å². The molecule has 0 aromatic heterocycles. The van der Waals surface area contributed by atoms with Gasteiger partial charge in [0.25, 0.3) is 5.91 Å². The Hall–Kier alpha value is -3.35. The van der Waals surface area contributed by atoms with E-state index in [0.717, 1.165) is 0 Å². The molecule has 28 heavy (non-hydrogen) atoms. The van der Waals surface area contributed by atoms with E-state index in [1.54, 1.807) is 53.4 Å². The molecule has 2 rings (SSSR count). The van der Waals surface area contributed by atoms with Crippen LogP contribution in [-0.4, -0.2) is 34.8 Å². The molecule has 0 radical (unpaired) electrons. The number of nitrogens with two attached hydrogens (primary N) is 2. The summed E-state index contributed by atoms with van der Waals surface area (Å²) in [6.07, 6.45) is 0. The number of hydrogen-bond donors (Lipinski definition) is 2. The Bertz CT molecular complexity index is 844. The van der Waals surface area contributed by atoms with Gasteiger partial charge in [-0.25, -0.2) is 9.79 Å². The fourth-order valence-corrected chi connectivity index (χ4v) is 2.87. The maximum atomic E-state index is 12.7. The lowest BCUT2D eigenvalue weighted by molar-refractivity contribution is 0.0643. The molecule has 7 heteroatoms. The highest BCUT2D eigenvalue weighted by atomic mass is 16.5.